The van der Waals surface area contributed by atoms with Gasteiger partial charge in [0.1, 0.15) is 11.6 Å². The number of H-pyrrole nitrogens is 1. The van der Waals surface area contributed by atoms with Crippen molar-refractivity contribution < 1.29 is 14.3 Å². The number of carbonyl (C=O) groups excluding carboxylic acids is 2. The molecule has 8 nitrogen and oxygen atoms in total. The van der Waals surface area contributed by atoms with Gasteiger partial charge in [-0.15, -0.1) is 0 Å². The molecular weight excluding hydrogens is 502 g/mol. The highest BCUT2D eigenvalue weighted by atomic mass is 16.6. The average Bonchev–Trinajstić information content (AvgIpc) is 3.33. The third-order valence-corrected chi connectivity index (χ3v) is 7.23. The number of hydrogen-bond donors (Lipinski definition) is 4. The molecule has 0 spiro atoms. The second-order valence-corrected chi connectivity index (χ2v) is 11.5. The van der Waals surface area contributed by atoms with E-state index in [9.17, 15) is 9.59 Å². The van der Waals surface area contributed by atoms with Crippen molar-refractivity contribution in [3.8, 4) is 0 Å². The molecule has 0 unspecified atom stereocenters. The van der Waals surface area contributed by atoms with Crippen molar-refractivity contribution in [2.75, 3.05) is 18.4 Å². The number of ether oxygens (including phenoxy) is 1. The molecule has 1 aliphatic carbocycles. The highest BCUT2D eigenvalue weighted by Crippen LogP contribution is 2.33. The molecular formula is C32H39N5O3. The largest absolute Gasteiger partial charge is 0.444 e. The molecule has 0 bridgehead atoms. The number of benzene rings is 2. The lowest BCUT2D eigenvalue weighted by molar-refractivity contribution is -0.123. The summed E-state index contributed by atoms with van der Waals surface area (Å²) in [5, 5.41) is 11.6. The van der Waals surface area contributed by atoms with E-state index in [0.29, 0.717) is 19.5 Å². The molecule has 4 aromatic rings. The van der Waals surface area contributed by atoms with E-state index < -0.39 is 17.7 Å². The van der Waals surface area contributed by atoms with Crippen molar-refractivity contribution in [1.82, 2.24) is 20.6 Å². The number of hydrogen-bond acceptors (Lipinski definition) is 5. The first-order valence-corrected chi connectivity index (χ1v) is 14.2. The number of aromatic amines is 1. The second kappa shape index (κ2) is 12.0. The molecule has 5 rings (SSSR count). The van der Waals surface area contributed by atoms with Crippen molar-refractivity contribution in [1.29, 1.82) is 0 Å². The summed E-state index contributed by atoms with van der Waals surface area (Å²) in [6.45, 7) is 6.61. The van der Waals surface area contributed by atoms with Gasteiger partial charge in [0.15, 0.2) is 0 Å². The van der Waals surface area contributed by atoms with E-state index in [1.165, 1.54) is 29.8 Å². The average molecular weight is 542 g/mol. The number of anilines is 1. The Bertz CT molecular complexity index is 1500. The molecule has 4 N–H and O–H groups in total. The van der Waals surface area contributed by atoms with Gasteiger partial charge in [-0.2, -0.15) is 0 Å². The molecule has 0 aliphatic heterocycles. The summed E-state index contributed by atoms with van der Waals surface area (Å²) in [5.74, 6) is -0.233. The highest BCUT2D eigenvalue weighted by molar-refractivity contribution is 5.93. The van der Waals surface area contributed by atoms with E-state index in [4.69, 9.17) is 9.72 Å². The summed E-state index contributed by atoms with van der Waals surface area (Å²) >= 11 is 0. The Kier molecular flexibility index (Phi) is 8.24. The van der Waals surface area contributed by atoms with Crippen molar-refractivity contribution in [2.45, 2.75) is 70.9 Å². The van der Waals surface area contributed by atoms with Crippen LogP contribution in [0, 0.1) is 0 Å². The zero-order chi connectivity index (χ0) is 28.1. The van der Waals surface area contributed by atoms with Gasteiger partial charge in [-0.25, -0.2) is 4.79 Å². The van der Waals surface area contributed by atoms with E-state index in [0.717, 1.165) is 46.6 Å². The molecule has 2 amide bonds. The Labute approximate surface area is 235 Å². The van der Waals surface area contributed by atoms with Crippen LogP contribution in [0.1, 0.15) is 56.9 Å². The minimum atomic E-state index is -0.766. The van der Waals surface area contributed by atoms with Crippen molar-refractivity contribution in [3.63, 3.8) is 0 Å². The zero-order valence-electron chi connectivity index (χ0n) is 23.6. The van der Waals surface area contributed by atoms with Gasteiger partial charge in [-0.05, 0) is 76.1 Å². The van der Waals surface area contributed by atoms with Crippen molar-refractivity contribution >= 4 is 39.5 Å². The predicted molar refractivity (Wildman–Crippen MR) is 160 cm³/mol. The molecule has 1 aliphatic rings. The summed E-state index contributed by atoms with van der Waals surface area (Å²) in [5.41, 5.74) is 6.02. The molecule has 2 heterocycles. The number of nitrogens with zero attached hydrogens (tertiary/aromatic N) is 1. The van der Waals surface area contributed by atoms with Crippen LogP contribution < -0.4 is 16.0 Å². The Morgan fingerprint density at radius 3 is 2.58 bits per heavy atom. The standard InChI is InChI=1S/C32H39N5O3/c1-32(2,3)40-31(39)37-28(19-21-20-35-25-14-7-4-11-22(21)25)30(38)34-18-10-17-33-29-23-12-5-8-15-26(23)36-27-16-9-6-13-24(27)29/h4-5,7-8,11-12,14-15,20,28,35H,6,9-10,13,16-19H2,1-3H3,(H,33,36)(H,34,38)(H,37,39)/t28-/m0/s1. The second-order valence-electron chi connectivity index (χ2n) is 11.5. The van der Waals surface area contributed by atoms with Gasteiger partial charge in [-0.1, -0.05) is 36.4 Å². The van der Waals surface area contributed by atoms with E-state index in [2.05, 4.69) is 39.1 Å². The third kappa shape index (κ3) is 6.55. The van der Waals surface area contributed by atoms with Crippen LogP contribution in [0.3, 0.4) is 0 Å². The maximum Gasteiger partial charge on any atom is 0.408 e. The molecule has 0 saturated heterocycles. The minimum absolute atomic E-state index is 0.233. The first-order valence-electron chi connectivity index (χ1n) is 14.2. The molecule has 0 saturated carbocycles. The number of aromatic nitrogens is 2. The van der Waals surface area contributed by atoms with E-state index >= 15 is 0 Å². The number of amides is 2. The molecule has 1 atom stereocenters. The number of fused-ring (bicyclic) bond motifs is 3. The first kappa shape index (κ1) is 27.5. The maximum atomic E-state index is 13.3. The maximum absolute atomic E-state index is 13.3. The van der Waals surface area contributed by atoms with Crippen LogP contribution in [0.5, 0.6) is 0 Å². The summed E-state index contributed by atoms with van der Waals surface area (Å²) in [7, 11) is 0. The summed E-state index contributed by atoms with van der Waals surface area (Å²) in [6, 6.07) is 15.4. The molecule has 2 aromatic carbocycles. The Morgan fingerprint density at radius 2 is 1.75 bits per heavy atom. The van der Waals surface area contributed by atoms with Crippen molar-refractivity contribution in [3.05, 3.63) is 71.5 Å². The number of alkyl carbamates (subject to hydrolysis) is 1. The van der Waals surface area contributed by atoms with Gasteiger partial charge in [0.05, 0.1) is 5.52 Å². The van der Waals surface area contributed by atoms with Crippen LogP contribution in [0.2, 0.25) is 0 Å². The number of rotatable bonds is 9. The van der Waals surface area contributed by atoms with E-state index in [1.54, 1.807) is 20.8 Å². The molecule has 0 fully saturated rings. The molecule has 40 heavy (non-hydrogen) atoms. The first-order chi connectivity index (χ1) is 19.3. The van der Waals surface area contributed by atoms with Gasteiger partial charge in [-0.3, -0.25) is 9.78 Å². The van der Waals surface area contributed by atoms with Crippen LogP contribution in [0.15, 0.2) is 54.7 Å². The fourth-order valence-electron chi connectivity index (χ4n) is 5.39. The number of para-hydroxylation sites is 2. The van der Waals surface area contributed by atoms with Crippen LogP contribution in [0.25, 0.3) is 21.8 Å². The van der Waals surface area contributed by atoms with Gasteiger partial charge >= 0.3 is 6.09 Å². The van der Waals surface area contributed by atoms with Crippen LogP contribution in [-0.2, 0) is 28.8 Å². The Hall–Kier alpha value is -4.07. The minimum Gasteiger partial charge on any atom is -0.444 e. The quantitative estimate of drug-likeness (QED) is 0.205. The zero-order valence-corrected chi connectivity index (χ0v) is 23.6. The normalized spacial score (nSPS) is 14.0. The SMILES string of the molecule is CC(C)(C)OC(=O)N[C@@H](Cc1c[nH]c2ccccc12)C(=O)NCCCNc1c2c(nc3ccccc13)CCCC2. The fraction of sp³-hybridized carbons (Fsp3) is 0.406. The summed E-state index contributed by atoms with van der Waals surface area (Å²) in [4.78, 5) is 34.0. The molecule has 2 aromatic heterocycles. The lowest BCUT2D eigenvalue weighted by Gasteiger charge is -2.23. The van der Waals surface area contributed by atoms with Gasteiger partial charge < -0.3 is 25.7 Å². The van der Waals surface area contributed by atoms with E-state index in [1.807, 2.05) is 36.5 Å². The van der Waals surface area contributed by atoms with Crippen molar-refractivity contribution in [2.24, 2.45) is 0 Å². The van der Waals surface area contributed by atoms with E-state index in [-0.39, 0.29) is 5.91 Å². The fourth-order valence-corrected chi connectivity index (χ4v) is 5.39. The molecule has 0 radical (unpaired) electrons. The number of carbonyl (C=O) groups is 2. The van der Waals surface area contributed by atoms with Crippen LogP contribution >= 0.6 is 0 Å². The van der Waals surface area contributed by atoms with Gasteiger partial charge in [0, 0.05) is 53.4 Å². The number of aryl methyl sites for hydroxylation is 1. The van der Waals surface area contributed by atoms with Crippen LogP contribution in [0.4, 0.5) is 10.5 Å². The number of nitrogens with one attached hydrogen (secondary N) is 4. The highest BCUT2D eigenvalue weighted by Gasteiger charge is 2.25. The third-order valence-electron chi connectivity index (χ3n) is 7.23. The predicted octanol–water partition coefficient (Wildman–Crippen LogP) is 5.65. The summed E-state index contributed by atoms with van der Waals surface area (Å²) < 4.78 is 5.44. The van der Waals surface area contributed by atoms with Crippen LogP contribution in [-0.4, -0.2) is 46.7 Å². The Balaban J connectivity index is 1.22. The molecule has 8 heteroatoms. The Morgan fingerprint density at radius 1 is 1.00 bits per heavy atom. The van der Waals surface area contributed by atoms with Gasteiger partial charge in [0.25, 0.3) is 0 Å². The lowest BCUT2D eigenvalue weighted by Crippen LogP contribution is -2.49. The smallest absolute Gasteiger partial charge is 0.408 e. The lowest BCUT2D eigenvalue weighted by atomic mass is 9.92. The number of pyridine rings is 1. The monoisotopic (exact) mass is 541 g/mol. The summed E-state index contributed by atoms with van der Waals surface area (Å²) in [6.07, 6.45) is 6.80. The van der Waals surface area contributed by atoms with Gasteiger partial charge in [0.2, 0.25) is 5.91 Å². The topological polar surface area (TPSA) is 108 Å². The molecule has 210 valence electrons.